The van der Waals surface area contributed by atoms with E-state index in [1.54, 1.807) is 19.3 Å². The van der Waals surface area contributed by atoms with Gasteiger partial charge in [-0.15, -0.1) is 35.3 Å². The van der Waals surface area contributed by atoms with Gasteiger partial charge < -0.3 is 15.5 Å². The molecule has 0 amide bonds. The molecule has 1 saturated heterocycles. The summed E-state index contributed by atoms with van der Waals surface area (Å²) in [6.45, 7) is 2.84. The molecule has 0 spiro atoms. The highest BCUT2D eigenvalue weighted by Gasteiger charge is 2.20. The molecule has 0 atom stereocenters. The van der Waals surface area contributed by atoms with Gasteiger partial charge in [0.1, 0.15) is 5.15 Å². The summed E-state index contributed by atoms with van der Waals surface area (Å²) in [6, 6.07) is 8.53. The normalized spacial score (nSPS) is 15.6. The van der Waals surface area contributed by atoms with E-state index in [9.17, 15) is 0 Å². The Labute approximate surface area is 174 Å². The maximum absolute atomic E-state index is 5.81. The highest BCUT2D eigenvalue weighted by Crippen LogP contribution is 2.24. The number of nitrogens with zero attached hydrogens (tertiary/aromatic N) is 3. The van der Waals surface area contributed by atoms with Crippen molar-refractivity contribution in [1.29, 1.82) is 0 Å². The van der Waals surface area contributed by atoms with Gasteiger partial charge in [-0.05, 0) is 42.0 Å². The molecule has 0 bridgehead atoms. The molecule has 2 N–H and O–H groups in total. The molecule has 8 heteroatoms. The van der Waals surface area contributed by atoms with Crippen molar-refractivity contribution in [2.24, 2.45) is 4.99 Å². The average molecular weight is 492 g/mol. The first kappa shape index (κ1) is 20.3. The smallest absolute Gasteiger partial charge is 0.191 e. The van der Waals surface area contributed by atoms with Crippen LogP contribution in [0.2, 0.25) is 5.15 Å². The van der Waals surface area contributed by atoms with E-state index in [-0.39, 0.29) is 24.0 Å². The number of anilines is 1. The van der Waals surface area contributed by atoms with E-state index in [4.69, 9.17) is 11.6 Å². The Hall–Kier alpha value is -1.06. The lowest BCUT2D eigenvalue weighted by Crippen LogP contribution is -2.48. The summed E-state index contributed by atoms with van der Waals surface area (Å²) in [5, 5.41) is 10.9. The Morgan fingerprint density at radius 3 is 2.76 bits per heavy atom. The van der Waals surface area contributed by atoms with Gasteiger partial charge in [0.15, 0.2) is 5.96 Å². The number of piperidine rings is 1. The minimum absolute atomic E-state index is 0. The zero-order valence-electron chi connectivity index (χ0n) is 14.1. The topological polar surface area (TPSA) is 52.6 Å². The third-order valence-corrected chi connectivity index (χ3v) is 5.28. The van der Waals surface area contributed by atoms with Crippen LogP contribution in [0.5, 0.6) is 0 Å². The largest absolute Gasteiger partial charge is 0.363 e. The second kappa shape index (κ2) is 10.2. The molecule has 0 saturated carbocycles. The SMILES string of the molecule is CN=C(NCc1ccc(Cl)nc1)NC1CCN(c2cccs2)CC1.I. The standard InChI is InChI=1S/C17H22ClN5S.HI/c1-19-17(21-12-13-4-5-15(18)20-11-13)22-14-6-8-23(9-7-14)16-3-2-10-24-16;/h2-5,10-11,14H,6-9,12H2,1H3,(H2,19,21,22);1H. The molecule has 0 aromatic carbocycles. The minimum Gasteiger partial charge on any atom is -0.363 e. The van der Waals surface area contributed by atoms with Crippen LogP contribution in [-0.4, -0.2) is 37.1 Å². The van der Waals surface area contributed by atoms with Crippen LogP contribution in [0.15, 0.2) is 40.8 Å². The number of halogens is 2. The van der Waals surface area contributed by atoms with Crippen molar-refractivity contribution in [1.82, 2.24) is 15.6 Å². The fourth-order valence-corrected chi connectivity index (χ4v) is 3.68. The number of aromatic nitrogens is 1. The molecular weight excluding hydrogens is 469 g/mol. The number of rotatable bonds is 4. The molecule has 5 nitrogen and oxygen atoms in total. The van der Waals surface area contributed by atoms with Crippen LogP contribution in [0.4, 0.5) is 5.00 Å². The molecular formula is C17H23ClIN5S. The molecule has 0 aliphatic carbocycles. The van der Waals surface area contributed by atoms with Crippen molar-refractivity contribution in [3.8, 4) is 0 Å². The van der Waals surface area contributed by atoms with Crippen molar-refractivity contribution in [2.45, 2.75) is 25.4 Å². The van der Waals surface area contributed by atoms with Crippen LogP contribution in [0.3, 0.4) is 0 Å². The molecule has 25 heavy (non-hydrogen) atoms. The molecule has 0 radical (unpaired) electrons. The van der Waals surface area contributed by atoms with Crippen LogP contribution in [0, 0.1) is 0 Å². The van der Waals surface area contributed by atoms with Crippen molar-refractivity contribution >= 4 is 57.9 Å². The fourth-order valence-electron chi connectivity index (χ4n) is 2.78. The number of aliphatic imine (C=N–C) groups is 1. The monoisotopic (exact) mass is 491 g/mol. The Balaban J connectivity index is 0.00000225. The van der Waals surface area contributed by atoms with Gasteiger partial charge in [0.2, 0.25) is 0 Å². The van der Waals surface area contributed by atoms with Gasteiger partial charge in [-0.1, -0.05) is 17.7 Å². The molecule has 3 rings (SSSR count). The third-order valence-electron chi connectivity index (χ3n) is 4.13. The zero-order valence-corrected chi connectivity index (χ0v) is 18.0. The first-order chi connectivity index (χ1) is 11.7. The molecule has 136 valence electrons. The minimum atomic E-state index is 0. The maximum atomic E-state index is 5.81. The van der Waals surface area contributed by atoms with E-state index in [1.165, 1.54) is 5.00 Å². The van der Waals surface area contributed by atoms with E-state index in [0.717, 1.165) is 37.5 Å². The van der Waals surface area contributed by atoms with Gasteiger partial charge in [-0.3, -0.25) is 4.99 Å². The van der Waals surface area contributed by atoms with Gasteiger partial charge >= 0.3 is 0 Å². The summed E-state index contributed by atoms with van der Waals surface area (Å²) in [5.41, 5.74) is 1.08. The van der Waals surface area contributed by atoms with Crippen LogP contribution < -0.4 is 15.5 Å². The molecule has 1 aliphatic rings. The van der Waals surface area contributed by atoms with E-state index >= 15 is 0 Å². The molecule has 2 aromatic rings. The third kappa shape index (κ3) is 6.00. The lowest BCUT2D eigenvalue weighted by molar-refractivity contribution is 0.463. The van der Waals surface area contributed by atoms with Gasteiger partial charge in [0.25, 0.3) is 0 Å². The van der Waals surface area contributed by atoms with Gasteiger partial charge in [-0.25, -0.2) is 4.98 Å². The predicted molar refractivity (Wildman–Crippen MR) is 118 cm³/mol. The van der Waals surface area contributed by atoms with E-state index in [2.05, 4.69) is 43.0 Å². The zero-order chi connectivity index (χ0) is 16.8. The predicted octanol–water partition coefficient (Wildman–Crippen LogP) is 3.75. The van der Waals surface area contributed by atoms with Gasteiger partial charge in [0, 0.05) is 38.9 Å². The van der Waals surface area contributed by atoms with Crippen molar-refractivity contribution < 1.29 is 0 Å². The lowest BCUT2D eigenvalue weighted by atomic mass is 10.1. The average Bonchev–Trinajstić information content (AvgIpc) is 3.15. The highest BCUT2D eigenvalue weighted by atomic mass is 127. The molecule has 1 aliphatic heterocycles. The van der Waals surface area contributed by atoms with Crippen molar-refractivity contribution in [3.05, 3.63) is 46.6 Å². The summed E-state index contributed by atoms with van der Waals surface area (Å²) in [5.74, 6) is 0.833. The quantitative estimate of drug-likeness (QED) is 0.296. The number of nitrogens with one attached hydrogen (secondary N) is 2. The van der Waals surface area contributed by atoms with Crippen LogP contribution in [0.25, 0.3) is 0 Å². The molecule has 0 unspecified atom stereocenters. The molecule has 1 fully saturated rings. The van der Waals surface area contributed by atoms with E-state index < -0.39 is 0 Å². The summed E-state index contributed by atoms with van der Waals surface area (Å²) in [6.07, 6.45) is 4.00. The van der Waals surface area contributed by atoms with Crippen LogP contribution in [0.1, 0.15) is 18.4 Å². The second-order valence-electron chi connectivity index (χ2n) is 5.77. The number of guanidine groups is 1. The molecule has 3 heterocycles. The lowest BCUT2D eigenvalue weighted by Gasteiger charge is -2.33. The van der Waals surface area contributed by atoms with Crippen molar-refractivity contribution in [3.63, 3.8) is 0 Å². The maximum Gasteiger partial charge on any atom is 0.191 e. The number of thiophene rings is 1. The summed E-state index contributed by atoms with van der Waals surface area (Å²) >= 11 is 7.62. The van der Waals surface area contributed by atoms with Crippen LogP contribution in [-0.2, 0) is 6.54 Å². The Kier molecular flexibility index (Phi) is 8.25. The van der Waals surface area contributed by atoms with Crippen LogP contribution >= 0.6 is 46.9 Å². The first-order valence-corrected chi connectivity index (χ1v) is 9.36. The first-order valence-electron chi connectivity index (χ1n) is 8.10. The van der Waals surface area contributed by atoms with E-state index in [0.29, 0.717) is 17.7 Å². The Morgan fingerprint density at radius 1 is 1.36 bits per heavy atom. The van der Waals surface area contributed by atoms with E-state index in [1.807, 2.05) is 17.4 Å². The summed E-state index contributed by atoms with van der Waals surface area (Å²) < 4.78 is 0. The number of hydrogen-bond acceptors (Lipinski definition) is 4. The van der Waals surface area contributed by atoms with Crippen molar-refractivity contribution in [2.75, 3.05) is 25.0 Å². The number of hydrogen-bond donors (Lipinski definition) is 2. The Morgan fingerprint density at radius 2 is 2.16 bits per heavy atom. The number of pyridine rings is 1. The Bertz CT molecular complexity index is 654. The van der Waals surface area contributed by atoms with Gasteiger partial charge in [-0.2, -0.15) is 0 Å². The second-order valence-corrected chi connectivity index (χ2v) is 7.09. The summed E-state index contributed by atoms with van der Waals surface area (Å²) in [4.78, 5) is 10.9. The fraction of sp³-hybridized carbons (Fsp3) is 0.412. The van der Waals surface area contributed by atoms with Gasteiger partial charge in [0.05, 0.1) is 5.00 Å². The summed E-state index contributed by atoms with van der Waals surface area (Å²) in [7, 11) is 1.80. The highest BCUT2D eigenvalue weighted by molar-refractivity contribution is 14.0. The molecule has 2 aromatic heterocycles.